The van der Waals surface area contributed by atoms with Crippen LogP contribution in [-0.4, -0.2) is 27.3 Å². The Morgan fingerprint density at radius 3 is 3.36 bits per heavy atom. The number of fused-ring (bicyclic) bond motifs is 3. The fourth-order valence-corrected chi connectivity index (χ4v) is 1.46. The number of hydrogen-bond acceptors (Lipinski definition) is 7. The number of hydrogen-bond donors (Lipinski definition) is 3. The zero-order chi connectivity index (χ0) is 9.54. The van der Waals surface area contributed by atoms with Crippen molar-refractivity contribution in [1.29, 1.82) is 0 Å². The minimum absolute atomic E-state index is 0.462. The van der Waals surface area contributed by atoms with Crippen molar-refractivity contribution in [1.82, 2.24) is 25.6 Å². The molecule has 2 aliphatic heterocycles. The van der Waals surface area contributed by atoms with E-state index in [1.807, 2.05) is 6.08 Å². The molecule has 0 saturated heterocycles. The molecule has 8 nitrogen and oxygen atoms in total. The van der Waals surface area contributed by atoms with Gasteiger partial charge in [-0.25, -0.2) is 16.3 Å². The number of hydrazine groups is 2. The molecular formula is C6H8N8. The molecule has 1 aromatic heterocycles. The van der Waals surface area contributed by atoms with Crippen molar-refractivity contribution in [3.63, 3.8) is 0 Å². The zero-order valence-corrected chi connectivity index (χ0v) is 7.18. The SMILES string of the molecule is NNC1=NC2=CCNN2c2ncnn21. The van der Waals surface area contributed by atoms with Crippen molar-refractivity contribution in [3.05, 3.63) is 18.2 Å². The summed E-state index contributed by atoms with van der Waals surface area (Å²) >= 11 is 0. The van der Waals surface area contributed by atoms with Gasteiger partial charge in [-0.05, 0) is 6.08 Å². The number of nitrogens with two attached hydrogens (primary N) is 1. The standard InChI is InChI=1S/C6H8N8/c7-12-5-11-4-1-2-9-13(4)6-8-3-10-14(5)6/h1,3,9H,2,7H2,(H,11,12). The van der Waals surface area contributed by atoms with E-state index in [1.54, 1.807) is 5.01 Å². The van der Waals surface area contributed by atoms with Gasteiger partial charge in [0.1, 0.15) is 6.33 Å². The molecule has 0 aromatic carbocycles. The Bertz CT molecular complexity index is 429. The molecule has 4 N–H and O–H groups in total. The van der Waals surface area contributed by atoms with Crippen LogP contribution in [0, 0.1) is 0 Å². The molecule has 72 valence electrons. The number of rotatable bonds is 0. The lowest BCUT2D eigenvalue weighted by Gasteiger charge is -2.23. The summed E-state index contributed by atoms with van der Waals surface area (Å²) < 4.78 is 1.52. The largest absolute Gasteiger partial charge is 0.292 e. The Morgan fingerprint density at radius 2 is 2.50 bits per heavy atom. The van der Waals surface area contributed by atoms with Crippen LogP contribution in [0.2, 0.25) is 0 Å². The highest BCUT2D eigenvalue weighted by Crippen LogP contribution is 2.21. The minimum atomic E-state index is 0.462. The molecule has 0 aliphatic carbocycles. The van der Waals surface area contributed by atoms with Gasteiger partial charge >= 0.3 is 0 Å². The molecule has 3 rings (SSSR count). The van der Waals surface area contributed by atoms with Gasteiger partial charge in [-0.3, -0.25) is 5.43 Å². The van der Waals surface area contributed by atoms with Gasteiger partial charge < -0.3 is 0 Å². The molecule has 0 amide bonds. The molecule has 8 heteroatoms. The van der Waals surface area contributed by atoms with Crippen LogP contribution >= 0.6 is 0 Å². The molecule has 0 spiro atoms. The van der Waals surface area contributed by atoms with E-state index >= 15 is 0 Å². The van der Waals surface area contributed by atoms with Crippen LogP contribution in [0.15, 0.2) is 23.2 Å². The highest BCUT2D eigenvalue weighted by atomic mass is 15.7. The van der Waals surface area contributed by atoms with Crippen LogP contribution in [0.1, 0.15) is 0 Å². The number of aromatic nitrogens is 3. The van der Waals surface area contributed by atoms with E-state index in [2.05, 4.69) is 25.9 Å². The van der Waals surface area contributed by atoms with E-state index in [1.165, 1.54) is 11.0 Å². The highest BCUT2D eigenvalue weighted by molar-refractivity contribution is 5.86. The van der Waals surface area contributed by atoms with Crippen molar-refractivity contribution < 1.29 is 0 Å². The first kappa shape index (κ1) is 7.47. The Kier molecular flexibility index (Phi) is 1.35. The van der Waals surface area contributed by atoms with Gasteiger partial charge in [0.2, 0.25) is 5.96 Å². The number of aliphatic imine (C=N–C) groups is 1. The maximum absolute atomic E-state index is 5.32. The molecule has 2 aliphatic rings. The summed E-state index contributed by atoms with van der Waals surface area (Å²) in [6.45, 7) is 0.726. The lowest BCUT2D eigenvalue weighted by Crippen LogP contribution is -2.44. The highest BCUT2D eigenvalue weighted by Gasteiger charge is 2.27. The lowest BCUT2D eigenvalue weighted by atomic mass is 10.5. The van der Waals surface area contributed by atoms with Gasteiger partial charge in [0, 0.05) is 6.54 Å². The van der Waals surface area contributed by atoms with Crippen molar-refractivity contribution in [2.75, 3.05) is 11.6 Å². The maximum atomic E-state index is 5.32. The molecule has 3 heterocycles. The van der Waals surface area contributed by atoms with Gasteiger partial charge in [-0.1, -0.05) is 0 Å². The van der Waals surface area contributed by atoms with Gasteiger partial charge in [-0.2, -0.15) is 19.8 Å². The normalized spacial score (nSPS) is 18.5. The number of nitrogens with zero attached hydrogens (tertiary/aromatic N) is 5. The van der Waals surface area contributed by atoms with Crippen LogP contribution in [0.25, 0.3) is 0 Å². The maximum Gasteiger partial charge on any atom is 0.252 e. The quantitative estimate of drug-likeness (QED) is 0.329. The Morgan fingerprint density at radius 1 is 1.57 bits per heavy atom. The fraction of sp³-hybridized carbons (Fsp3) is 0.167. The first-order valence-electron chi connectivity index (χ1n) is 4.09. The smallest absolute Gasteiger partial charge is 0.252 e. The molecule has 0 radical (unpaired) electrons. The van der Waals surface area contributed by atoms with Crippen molar-refractivity contribution in [2.45, 2.75) is 0 Å². The van der Waals surface area contributed by atoms with Crippen molar-refractivity contribution >= 4 is 11.9 Å². The molecule has 0 saturated carbocycles. The first-order chi connectivity index (χ1) is 6.90. The van der Waals surface area contributed by atoms with Gasteiger partial charge in [0.05, 0.1) is 0 Å². The topological polar surface area (TPSA) is 96.4 Å². The molecule has 0 atom stereocenters. The van der Waals surface area contributed by atoms with Crippen LogP contribution < -0.4 is 21.7 Å². The zero-order valence-electron chi connectivity index (χ0n) is 7.18. The van der Waals surface area contributed by atoms with Crippen LogP contribution in [0.3, 0.4) is 0 Å². The summed E-state index contributed by atoms with van der Waals surface area (Å²) in [7, 11) is 0. The lowest BCUT2D eigenvalue weighted by molar-refractivity contribution is 0.708. The average Bonchev–Trinajstić information content (AvgIpc) is 2.83. The van der Waals surface area contributed by atoms with Crippen molar-refractivity contribution in [2.24, 2.45) is 10.8 Å². The fourth-order valence-electron chi connectivity index (χ4n) is 1.46. The first-order valence-corrected chi connectivity index (χ1v) is 4.09. The third-order valence-corrected chi connectivity index (χ3v) is 2.04. The van der Waals surface area contributed by atoms with Crippen LogP contribution in [0.4, 0.5) is 5.95 Å². The Labute approximate surface area is 79.1 Å². The second-order valence-electron chi connectivity index (χ2n) is 2.81. The number of anilines is 1. The predicted octanol–water partition coefficient (Wildman–Crippen LogP) is -1.87. The molecule has 0 unspecified atom stereocenters. The Balaban J connectivity index is 2.18. The van der Waals surface area contributed by atoms with E-state index in [0.29, 0.717) is 11.9 Å². The van der Waals surface area contributed by atoms with E-state index in [0.717, 1.165) is 12.4 Å². The molecule has 1 aromatic rings. The summed E-state index contributed by atoms with van der Waals surface area (Å²) in [5.74, 6) is 7.21. The third-order valence-electron chi connectivity index (χ3n) is 2.04. The van der Waals surface area contributed by atoms with E-state index in [-0.39, 0.29) is 0 Å². The molecule has 0 bridgehead atoms. The third kappa shape index (κ3) is 0.805. The summed E-state index contributed by atoms with van der Waals surface area (Å²) in [6, 6.07) is 0. The second kappa shape index (κ2) is 2.53. The van der Waals surface area contributed by atoms with Crippen molar-refractivity contribution in [3.8, 4) is 0 Å². The van der Waals surface area contributed by atoms with E-state index in [4.69, 9.17) is 5.84 Å². The predicted molar refractivity (Wildman–Crippen MR) is 48.7 cm³/mol. The van der Waals surface area contributed by atoms with Crippen LogP contribution in [-0.2, 0) is 0 Å². The summed E-state index contributed by atoms with van der Waals surface area (Å²) in [5.41, 5.74) is 5.56. The van der Waals surface area contributed by atoms with E-state index in [9.17, 15) is 0 Å². The summed E-state index contributed by atoms with van der Waals surface area (Å²) in [5, 5.41) is 5.75. The second-order valence-corrected chi connectivity index (χ2v) is 2.81. The molecule has 0 fully saturated rings. The van der Waals surface area contributed by atoms with Gasteiger partial charge in [0.25, 0.3) is 5.95 Å². The number of nitrogens with one attached hydrogen (secondary N) is 2. The van der Waals surface area contributed by atoms with Crippen LogP contribution in [0.5, 0.6) is 0 Å². The molecule has 14 heavy (non-hydrogen) atoms. The van der Waals surface area contributed by atoms with Gasteiger partial charge in [-0.15, -0.1) is 0 Å². The summed E-state index contributed by atoms with van der Waals surface area (Å²) in [6.07, 6.45) is 3.39. The monoisotopic (exact) mass is 192 g/mol. The minimum Gasteiger partial charge on any atom is -0.292 e. The van der Waals surface area contributed by atoms with Gasteiger partial charge in [0.15, 0.2) is 5.82 Å². The average molecular weight is 192 g/mol. The summed E-state index contributed by atoms with van der Waals surface area (Å²) in [4.78, 5) is 8.34. The molecular weight excluding hydrogens is 184 g/mol. The Hall–Kier alpha value is -1.93. The van der Waals surface area contributed by atoms with E-state index < -0.39 is 0 Å².